The van der Waals surface area contributed by atoms with Gasteiger partial charge in [0.1, 0.15) is 5.82 Å². The van der Waals surface area contributed by atoms with Gasteiger partial charge in [-0.05, 0) is 44.0 Å². The van der Waals surface area contributed by atoms with Gasteiger partial charge in [0, 0.05) is 41.6 Å². The van der Waals surface area contributed by atoms with Gasteiger partial charge < -0.3 is 11.1 Å². The summed E-state index contributed by atoms with van der Waals surface area (Å²) in [6.07, 6.45) is 5.45. The highest BCUT2D eigenvalue weighted by molar-refractivity contribution is 7.90. The Hall–Kier alpha value is -3.96. The van der Waals surface area contributed by atoms with E-state index in [9.17, 15) is 8.42 Å². The molecular formula is C26H25ClN8O2S. The van der Waals surface area contributed by atoms with Gasteiger partial charge in [-0.2, -0.15) is 10.1 Å². The molecule has 1 saturated carbocycles. The molecular weight excluding hydrogens is 524 g/mol. The van der Waals surface area contributed by atoms with Crippen LogP contribution in [0.2, 0.25) is 5.02 Å². The zero-order valence-corrected chi connectivity index (χ0v) is 22.3. The van der Waals surface area contributed by atoms with Crippen LogP contribution in [0, 0.1) is 6.92 Å². The first-order valence-corrected chi connectivity index (χ1v) is 14.0. The SMILES string of the molecule is Cc1ccc(S(=O)(=O)n2ccc3nc(C(C)c4cnc(N)nc4Nc4cc(C5CC5)[nH]n4)c(Cl)cc32)cc1. The first kappa shape index (κ1) is 24.4. The number of aromatic amines is 1. The average molecular weight is 549 g/mol. The zero-order chi connectivity index (χ0) is 26.6. The Balaban J connectivity index is 1.36. The number of nitrogens with zero attached hydrogens (tertiary/aromatic N) is 5. The van der Waals surface area contributed by atoms with Crippen molar-refractivity contribution in [2.45, 2.75) is 43.4 Å². The van der Waals surface area contributed by atoms with E-state index in [1.54, 1.807) is 42.6 Å². The van der Waals surface area contributed by atoms with E-state index in [0.29, 0.717) is 39.3 Å². The average Bonchev–Trinajstić information content (AvgIpc) is 3.49. The van der Waals surface area contributed by atoms with Crippen LogP contribution in [-0.2, 0) is 10.0 Å². The summed E-state index contributed by atoms with van der Waals surface area (Å²) in [4.78, 5) is 13.5. The van der Waals surface area contributed by atoms with Crippen LogP contribution in [0.25, 0.3) is 11.0 Å². The number of aromatic nitrogens is 6. The third-order valence-electron chi connectivity index (χ3n) is 6.77. The van der Waals surface area contributed by atoms with E-state index in [0.717, 1.165) is 29.7 Å². The summed E-state index contributed by atoms with van der Waals surface area (Å²) in [5.74, 6) is 1.44. The third-order valence-corrected chi connectivity index (χ3v) is 8.78. The van der Waals surface area contributed by atoms with Crippen molar-refractivity contribution in [2.24, 2.45) is 0 Å². The van der Waals surface area contributed by atoms with Crippen LogP contribution in [0.15, 0.2) is 59.8 Å². The van der Waals surface area contributed by atoms with Crippen molar-refractivity contribution in [1.82, 2.24) is 29.1 Å². The Bertz CT molecular complexity index is 1780. The molecule has 194 valence electrons. The highest BCUT2D eigenvalue weighted by Gasteiger charge is 2.27. The second-order valence-corrected chi connectivity index (χ2v) is 11.8. The molecule has 0 amide bonds. The van der Waals surface area contributed by atoms with E-state index in [4.69, 9.17) is 22.3 Å². The number of anilines is 3. The third kappa shape index (κ3) is 4.37. The molecule has 0 aliphatic heterocycles. The molecule has 1 aliphatic carbocycles. The Morgan fingerprint density at radius 3 is 2.66 bits per heavy atom. The molecule has 6 rings (SSSR count). The standard InChI is InChI=1S/C26H25ClN8O2S/c1-14-3-7-17(8-4-14)38(36,37)35-10-9-20-22(35)11-19(27)24(30-20)15(2)18-13-29-26(28)32-25(18)31-23-12-21(33-34-23)16-5-6-16/h3-4,7-13,15-16H,5-6H2,1-2H3,(H4,28,29,31,32,33,34). The smallest absolute Gasteiger partial charge is 0.268 e. The number of nitrogens with two attached hydrogens (primary N) is 1. The predicted octanol–water partition coefficient (Wildman–Crippen LogP) is 5.10. The van der Waals surface area contributed by atoms with Crippen molar-refractivity contribution in [2.75, 3.05) is 11.1 Å². The van der Waals surface area contributed by atoms with E-state index < -0.39 is 10.0 Å². The Kier molecular flexibility index (Phi) is 5.84. The maximum atomic E-state index is 13.3. The number of nitrogen functional groups attached to an aromatic ring is 1. The summed E-state index contributed by atoms with van der Waals surface area (Å²) < 4.78 is 27.8. The molecule has 1 unspecified atom stereocenters. The van der Waals surface area contributed by atoms with Crippen LogP contribution in [0.4, 0.5) is 17.6 Å². The fraction of sp³-hybridized carbons (Fsp3) is 0.231. The van der Waals surface area contributed by atoms with Crippen LogP contribution >= 0.6 is 11.6 Å². The largest absolute Gasteiger partial charge is 0.368 e. The Morgan fingerprint density at radius 2 is 1.92 bits per heavy atom. The first-order chi connectivity index (χ1) is 18.2. The predicted molar refractivity (Wildman–Crippen MR) is 146 cm³/mol. The van der Waals surface area contributed by atoms with Crippen molar-refractivity contribution >= 4 is 50.2 Å². The fourth-order valence-corrected chi connectivity index (χ4v) is 6.10. The zero-order valence-electron chi connectivity index (χ0n) is 20.7. The van der Waals surface area contributed by atoms with Crippen LogP contribution in [-0.4, -0.2) is 37.5 Å². The minimum atomic E-state index is -3.82. The molecule has 5 aromatic rings. The van der Waals surface area contributed by atoms with Gasteiger partial charge >= 0.3 is 0 Å². The van der Waals surface area contributed by atoms with Crippen LogP contribution in [0.1, 0.15) is 54.1 Å². The molecule has 0 spiro atoms. The molecule has 1 atom stereocenters. The normalized spacial score (nSPS) is 14.6. The van der Waals surface area contributed by atoms with Gasteiger partial charge in [-0.15, -0.1) is 0 Å². The highest BCUT2D eigenvalue weighted by atomic mass is 35.5. The number of hydrogen-bond donors (Lipinski definition) is 3. The molecule has 1 fully saturated rings. The lowest BCUT2D eigenvalue weighted by molar-refractivity contribution is 0.589. The van der Waals surface area contributed by atoms with E-state index in [1.165, 1.54) is 10.2 Å². The van der Waals surface area contributed by atoms with Gasteiger partial charge in [-0.3, -0.25) is 5.10 Å². The molecule has 38 heavy (non-hydrogen) atoms. The molecule has 4 N–H and O–H groups in total. The summed E-state index contributed by atoms with van der Waals surface area (Å²) in [5.41, 5.74) is 10.1. The molecule has 1 aromatic carbocycles. The van der Waals surface area contributed by atoms with Gasteiger partial charge in [0.15, 0.2) is 5.82 Å². The summed E-state index contributed by atoms with van der Waals surface area (Å²) >= 11 is 6.71. The minimum absolute atomic E-state index is 0.120. The van der Waals surface area contributed by atoms with E-state index in [2.05, 4.69) is 25.5 Å². The molecule has 0 radical (unpaired) electrons. The summed E-state index contributed by atoms with van der Waals surface area (Å²) in [7, 11) is -3.82. The van der Waals surface area contributed by atoms with E-state index in [1.807, 2.05) is 19.9 Å². The number of rotatable bonds is 7. The maximum absolute atomic E-state index is 13.3. The van der Waals surface area contributed by atoms with Crippen molar-refractivity contribution in [3.8, 4) is 0 Å². The van der Waals surface area contributed by atoms with Gasteiger partial charge in [-0.25, -0.2) is 22.4 Å². The number of benzene rings is 1. The number of pyridine rings is 1. The topological polar surface area (TPSA) is 144 Å². The molecule has 0 bridgehead atoms. The minimum Gasteiger partial charge on any atom is -0.368 e. The molecule has 10 nitrogen and oxygen atoms in total. The number of halogens is 1. The summed E-state index contributed by atoms with van der Waals surface area (Å²) in [6.45, 7) is 3.83. The molecule has 0 saturated heterocycles. The number of fused-ring (bicyclic) bond motifs is 1. The van der Waals surface area contributed by atoms with Crippen molar-refractivity contribution in [3.05, 3.63) is 82.4 Å². The number of nitrogens with one attached hydrogen (secondary N) is 2. The fourth-order valence-electron chi connectivity index (χ4n) is 4.46. The highest BCUT2D eigenvalue weighted by Crippen LogP contribution is 2.40. The van der Waals surface area contributed by atoms with Gasteiger partial charge in [-0.1, -0.05) is 36.2 Å². The number of hydrogen-bond acceptors (Lipinski definition) is 8. The summed E-state index contributed by atoms with van der Waals surface area (Å²) in [6, 6.07) is 12.0. The lowest BCUT2D eigenvalue weighted by Gasteiger charge is -2.17. The van der Waals surface area contributed by atoms with Crippen LogP contribution < -0.4 is 11.1 Å². The molecule has 1 aliphatic rings. The second-order valence-electron chi connectivity index (χ2n) is 9.55. The van der Waals surface area contributed by atoms with Crippen molar-refractivity contribution in [1.29, 1.82) is 0 Å². The van der Waals surface area contributed by atoms with Crippen molar-refractivity contribution in [3.63, 3.8) is 0 Å². The molecule has 12 heteroatoms. The van der Waals surface area contributed by atoms with E-state index >= 15 is 0 Å². The molecule has 4 aromatic heterocycles. The monoisotopic (exact) mass is 548 g/mol. The lowest BCUT2D eigenvalue weighted by atomic mass is 9.98. The Morgan fingerprint density at radius 1 is 1.16 bits per heavy atom. The van der Waals surface area contributed by atoms with Gasteiger partial charge in [0.05, 0.1) is 26.6 Å². The van der Waals surface area contributed by atoms with Crippen molar-refractivity contribution < 1.29 is 8.42 Å². The van der Waals surface area contributed by atoms with Crippen LogP contribution in [0.3, 0.4) is 0 Å². The second kappa shape index (κ2) is 9.10. The maximum Gasteiger partial charge on any atom is 0.268 e. The quantitative estimate of drug-likeness (QED) is 0.254. The van der Waals surface area contributed by atoms with E-state index in [-0.39, 0.29) is 16.8 Å². The van der Waals surface area contributed by atoms with Crippen LogP contribution in [0.5, 0.6) is 0 Å². The first-order valence-electron chi connectivity index (χ1n) is 12.1. The van der Waals surface area contributed by atoms with Gasteiger partial charge in [0.2, 0.25) is 5.95 Å². The lowest BCUT2D eigenvalue weighted by Crippen LogP contribution is -2.12. The molecule has 4 heterocycles. The number of H-pyrrole nitrogens is 1. The summed E-state index contributed by atoms with van der Waals surface area (Å²) in [5, 5.41) is 11.0. The number of aryl methyl sites for hydroxylation is 1. The van der Waals surface area contributed by atoms with Gasteiger partial charge in [0.25, 0.3) is 10.0 Å². The Labute approximate surface area is 224 Å².